The van der Waals surface area contributed by atoms with Crippen molar-refractivity contribution in [3.8, 4) is 0 Å². The first-order valence-corrected chi connectivity index (χ1v) is 12.6. The van der Waals surface area contributed by atoms with Crippen LogP contribution in [0.3, 0.4) is 0 Å². The molecule has 0 unspecified atom stereocenters. The number of aromatic carboxylic acids is 1. The highest BCUT2D eigenvalue weighted by atomic mass is 35.5. The van der Waals surface area contributed by atoms with Crippen molar-refractivity contribution in [2.75, 3.05) is 4.90 Å². The Labute approximate surface area is 219 Å². The van der Waals surface area contributed by atoms with Gasteiger partial charge in [-0.2, -0.15) is 0 Å². The number of allylic oxidation sites excluding steroid dienone is 3. The molecule has 4 atom stereocenters. The molecule has 184 valence electrons. The number of hydrogen-bond donors (Lipinski definition) is 1. The van der Waals surface area contributed by atoms with Gasteiger partial charge in [0.25, 0.3) is 0 Å². The summed E-state index contributed by atoms with van der Waals surface area (Å²) in [5, 5.41) is 9.54. The van der Waals surface area contributed by atoms with Crippen molar-refractivity contribution in [3.05, 3.63) is 117 Å². The van der Waals surface area contributed by atoms with E-state index in [9.17, 15) is 19.5 Å². The van der Waals surface area contributed by atoms with Crippen molar-refractivity contribution in [1.82, 2.24) is 0 Å². The summed E-state index contributed by atoms with van der Waals surface area (Å²) in [4.78, 5) is 40.3. The number of carbonyl (C=O) groups is 3. The lowest BCUT2D eigenvalue weighted by Crippen LogP contribution is -2.33. The van der Waals surface area contributed by atoms with Gasteiger partial charge in [0.2, 0.25) is 11.8 Å². The number of benzene rings is 3. The van der Waals surface area contributed by atoms with Crippen LogP contribution in [0, 0.1) is 37.5 Å². The summed E-state index contributed by atoms with van der Waals surface area (Å²) in [7, 11) is 0. The average Bonchev–Trinajstić information content (AvgIpc) is 3.51. The number of halogens is 1. The Hall–Kier alpha value is -3.96. The van der Waals surface area contributed by atoms with Gasteiger partial charge < -0.3 is 5.11 Å². The standard InChI is InChI=1S/C31H24ClNO4/c1-16-3-7-18(8-4-16)25(19-9-5-17(2)6-10-19)26-21-12-13-22(26)28-27(21)29(34)33(30(28)35)20-11-14-24(32)23(15-20)31(36)37/h3-15,21-22,27-28H,1-2H3,(H,36,37)/t21-,22-,27-,28-/m1/s1. The first-order valence-electron chi connectivity index (χ1n) is 12.2. The number of carboxylic acids is 1. The lowest BCUT2D eigenvalue weighted by atomic mass is 9.85. The number of rotatable bonds is 4. The van der Waals surface area contributed by atoms with E-state index in [4.69, 9.17) is 11.6 Å². The molecule has 3 aromatic rings. The zero-order valence-electron chi connectivity index (χ0n) is 20.3. The molecule has 6 rings (SSSR count). The third-order valence-electron chi connectivity index (χ3n) is 7.82. The van der Waals surface area contributed by atoms with Crippen LogP contribution in [0.5, 0.6) is 0 Å². The summed E-state index contributed by atoms with van der Waals surface area (Å²) < 4.78 is 0. The molecule has 1 N–H and O–H groups in total. The summed E-state index contributed by atoms with van der Waals surface area (Å²) in [6.45, 7) is 4.10. The zero-order valence-corrected chi connectivity index (χ0v) is 21.1. The average molecular weight is 510 g/mol. The quantitative estimate of drug-likeness (QED) is 0.342. The third kappa shape index (κ3) is 3.57. The van der Waals surface area contributed by atoms with E-state index in [0.717, 1.165) is 38.3 Å². The molecule has 5 nitrogen and oxygen atoms in total. The van der Waals surface area contributed by atoms with Gasteiger partial charge in [0, 0.05) is 11.8 Å². The fourth-order valence-corrected chi connectivity index (χ4v) is 6.31. The molecule has 6 heteroatoms. The lowest BCUT2D eigenvalue weighted by Gasteiger charge is -2.22. The second-order valence-corrected chi connectivity index (χ2v) is 10.4. The van der Waals surface area contributed by atoms with Gasteiger partial charge in [-0.1, -0.05) is 83.4 Å². The highest BCUT2D eigenvalue weighted by Crippen LogP contribution is 2.59. The molecule has 0 radical (unpaired) electrons. The molecule has 1 aliphatic heterocycles. The Balaban J connectivity index is 1.46. The van der Waals surface area contributed by atoms with Crippen LogP contribution < -0.4 is 4.90 Å². The van der Waals surface area contributed by atoms with E-state index in [1.165, 1.54) is 18.2 Å². The Morgan fingerprint density at radius 3 is 1.73 bits per heavy atom. The van der Waals surface area contributed by atoms with E-state index in [1.54, 1.807) is 0 Å². The van der Waals surface area contributed by atoms with Crippen molar-refractivity contribution < 1.29 is 19.5 Å². The Kier molecular flexibility index (Phi) is 5.42. The highest BCUT2D eigenvalue weighted by molar-refractivity contribution is 6.34. The minimum absolute atomic E-state index is 0.0586. The summed E-state index contributed by atoms with van der Waals surface area (Å²) in [6.07, 6.45) is 4.12. The minimum Gasteiger partial charge on any atom is -0.478 e. The van der Waals surface area contributed by atoms with Gasteiger partial charge in [-0.25, -0.2) is 9.69 Å². The molecule has 0 aromatic heterocycles. The number of nitrogens with zero attached hydrogens (tertiary/aromatic N) is 1. The molecule has 1 saturated heterocycles. The van der Waals surface area contributed by atoms with Crippen LogP contribution in [0.2, 0.25) is 5.02 Å². The first kappa shape index (κ1) is 23.4. The maximum absolute atomic E-state index is 13.8. The molecule has 1 heterocycles. The molecular formula is C31H24ClNO4. The highest BCUT2D eigenvalue weighted by Gasteiger charge is 2.62. The topological polar surface area (TPSA) is 74.7 Å². The predicted molar refractivity (Wildman–Crippen MR) is 142 cm³/mol. The zero-order chi connectivity index (χ0) is 26.0. The second kappa shape index (κ2) is 8.56. The van der Waals surface area contributed by atoms with E-state index in [2.05, 4.69) is 60.7 Å². The fraction of sp³-hybridized carbons (Fsp3) is 0.194. The number of carbonyl (C=O) groups excluding carboxylic acids is 2. The van der Waals surface area contributed by atoms with Crippen molar-refractivity contribution in [2.45, 2.75) is 13.8 Å². The van der Waals surface area contributed by atoms with E-state index < -0.39 is 17.8 Å². The van der Waals surface area contributed by atoms with Gasteiger partial charge in [-0.3, -0.25) is 9.59 Å². The Morgan fingerprint density at radius 2 is 1.27 bits per heavy atom. The molecule has 1 saturated carbocycles. The molecule has 2 bridgehead atoms. The van der Waals surface area contributed by atoms with Gasteiger partial charge in [0.05, 0.1) is 28.1 Å². The first-order chi connectivity index (χ1) is 17.8. The molecule has 3 aliphatic rings. The predicted octanol–water partition coefficient (Wildman–Crippen LogP) is 6.08. The lowest BCUT2D eigenvalue weighted by molar-refractivity contribution is -0.122. The Bertz CT molecular complexity index is 1450. The molecular weight excluding hydrogens is 486 g/mol. The van der Waals surface area contributed by atoms with E-state index in [-0.39, 0.29) is 39.9 Å². The van der Waals surface area contributed by atoms with Crippen LogP contribution in [0.25, 0.3) is 5.57 Å². The summed E-state index contributed by atoms with van der Waals surface area (Å²) >= 11 is 6.03. The smallest absolute Gasteiger partial charge is 0.337 e. The molecule has 0 spiro atoms. The minimum atomic E-state index is -1.21. The maximum Gasteiger partial charge on any atom is 0.337 e. The van der Waals surface area contributed by atoms with Crippen molar-refractivity contribution in [1.29, 1.82) is 0 Å². The largest absolute Gasteiger partial charge is 0.478 e. The van der Waals surface area contributed by atoms with Crippen LogP contribution in [-0.2, 0) is 9.59 Å². The number of carboxylic acid groups (broad SMARTS) is 1. The van der Waals surface area contributed by atoms with Crippen LogP contribution in [0.1, 0.15) is 32.6 Å². The molecule has 3 aromatic carbocycles. The van der Waals surface area contributed by atoms with Gasteiger partial charge in [0.15, 0.2) is 0 Å². The van der Waals surface area contributed by atoms with E-state index >= 15 is 0 Å². The molecule has 2 aliphatic carbocycles. The summed E-state index contributed by atoms with van der Waals surface area (Å²) in [6, 6.07) is 21.0. The summed E-state index contributed by atoms with van der Waals surface area (Å²) in [5.74, 6) is -3.26. The van der Waals surface area contributed by atoms with Crippen molar-refractivity contribution in [2.24, 2.45) is 23.7 Å². The third-order valence-corrected chi connectivity index (χ3v) is 8.15. The number of imide groups is 1. The van der Waals surface area contributed by atoms with E-state index in [0.29, 0.717) is 0 Å². The van der Waals surface area contributed by atoms with Crippen LogP contribution in [0.15, 0.2) is 84.5 Å². The number of anilines is 1. The number of fused-ring (bicyclic) bond motifs is 5. The molecule has 2 fully saturated rings. The van der Waals surface area contributed by atoms with Crippen molar-refractivity contribution in [3.63, 3.8) is 0 Å². The summed E-state index contributed by atoms with van der Waals surface area (Å²) in [5.41, 5.74) is 6.71. The molecule has 37 heavy (non-hydrogen) atoms. The SMILES string of the molecule is Cc1ccc(C(=C2[C@H]3C=C[C@H]2[C@H]2C(=O)N(c4ccc(Cl)c(C(=O)O)c4)C(=O)[C@@H]23)c2ccc(C)cc2)cc1. The number of aryl methyl sites for hydroxylation is 2. The van der Waals surface area contributed by atoms with E-state index in [1.807, 2.05) is 13.8 Å². The normalized spacial score (nSPS) is 23.6. The monoisotopic (exact) mass is 509 g/mol. The van der Waals surface area contributed by atoms with Gasteiger partial charge >= 0.3 is 5.97 Å². The van der Waals surface area contributed by atoms with Crippen LogP contribution in [-0.4, -0.2) is 22.9 Å². The van der Waals surface area contributed by atoms with Crippen LogP contribution in [0.4, 0.5) is 5.69 Å². The molecule has 2 amide bonds. The maximum atomic E-state index is 13.8. The number of hydrogen-bond acceptors (Lipinski definition) is 3. The Morgan fingerprint density at radius 1 is 0.784 bits per heavy atom. The number of amides is 2. The fourth-order valence-electron chi connectivity index (χ4n) is 6.11. The van der Waals surface area contributed by atoms with Gasteiger partial charge in [-0.05, 0) is 54.3 Å². The van der Waals surface area contributed by atoms with Crippen LogP contribution >= 0.6 is 11.6 Å². The van der Waals surface area contributed by atoms with Crippen molar-refractivity contribution >= 4 is 40.6 Å². The second-order valence-electron chi connectivity index (χ2n) is 10.0. The van der Waals surface area contributed by atoms with Gasteiger partial charge in [-0.15, -0.1) is 0 Å². The van der Waals surface area contributed by atoms with Gasteiger partial charge in [0.1, 0.15) is 0 Å².